The van der Waals surface area contributed by atoms with Crippen LogP contribution in [0.4, 0.5) is 0 Å². The molecule has 0 aliphatic heterocycles. The third-order valence-corrected chi connectivity index (χ3v) is 2.12. The summed E-state index contributed by atoms with van der Waals surface area (Å²) in [7, 11) is 0. The number of carbonyl (C=O) groups is 1. The van der Waals surface area contributed by atoms with E-state index in [1.165, 1.54) is 0 Å². The van der Waals surface area contributed by atoms with E-state index in [9.17, 15) is 4.79 Å². The van der Waals surface area contributed by atoms with Crippen LogP contribution in [0.3, 0.4) is 0 Å². The predicted molar refractivity (Wildman–Crippen MR) is 55.4 cm³/mol. The lowest BCUT2D eigenvalue weighted by Gasteiger charge is -2.25. The molecule has 1 atom stereocenters. The van der Waals surface area contributed by atoms with Crippen LogP contribution < -0.4 is 0 Å². The number of nitrogens with zero attached hydrogens (tertiary/aromatic N) is 3. The van der Waals surface area contributed by atoms with E-state index in [0.29, 0.717) is 0 Å². The Hall–Kier alpha value is -1.39. The second-order valence-electron chi connectivity index (χ2n) is 4.93. The fourth-order valence-corrected chi connectivity index (χ4v) is 1.59. The molecule has 0 bridgehead atoms. The fourth-order valence-electron chi connectivity index (χ4n) is 1.59. The number of rotatable bonds is 4. The van der Waals surface area contributed by atoms with E-state index in [2.05, 4.69) is 31.0 Å². The zero-order chi connectivity index (χ0) is 11.5. The predicted octanol–water partition coefficient (Wildman–Crippen LogP) is 1.73. The van der Waals surface area contributed by atoms with E-state index >= 15 is 0 Å². The summed E-state index contributed by atoms with van der Waals surface area (Å²) in [6.07, 6.45) is 4.03. The maximum absolute atomic E-state index is 10.7. The summed E-state index contributed by atoms with van der Waals surface area (Å²) < 4.78 is 1.76. The number of carboxylic acid groups (broad SMARTS) is 1. The van der Waals surface area contributed by atoms with Gasteiger partial charge in [0, 0.05) is 6.04 Å². The number of aliphatic carboxylic acids is 1. The van der Waals surface area contributed by atoms with Gasteiger partial charge in [-0.3, -0.25) is 4.79 Å². The third kappa shape index (κ3) is 4.10. The van der Waals surface area contributed by atoms with Gasteiger partial charge in [0.2, 0.25) is 0 Å². The Morgan fingerprint density at radius 2 is 1.93 bits per heavy atom. The first kappa shape index (κ1) is 11.7. The van der Waals surface area contributed by atoms with Gasteiger partial charge in [0.05, 0.1) is 6.42 Å². The van der Waals surface area contributed by atoms with E-state index in [4.69, 9.17) is 5.11 Å². The van der Waals surface area contributed by atoms with Crippen molar-refractivity contribution in [2.45, 2.75) is 39.7 Å². The van der Waals surface area contributed by atoms with Gasteiger partial charge < -0.3 is 9.67 Å². The van der Waals surface area contributed by atoms with Gasteiger partial charge in [0.1, 0.15) is 12.7 Å². The molecule has 1 rings (SSSR count). The van der Waals surface area contributed by atoms with Crippen LogP contribution in [0.2, 0.25) is 0 Å². The Bertz CT molecular complexity index is 314. The molecule has 5 heteroatoms. The normalized spacial score (nSPS) is 13.8. The molecule has 5 nitrogen and oxygen atoms in total. The average Bonchev–Trinajstić information content (AvgIpc) is 2.50. The van der Waals surface area contributed by atoms with Crippen molar-refractivity contribution in [1.29, 1.82) is 0 Å². The lowest BCUT2D eigenvalue weighted by atomic mass is 9.87. The van der Waals surface area contributed by atoms with Gasteiger partial charge in [0.15, 0.2) is 0 Å². The van der Waals surface area contributed by atoms with Crippen molar-refractivity contribution < 1.29 is 9.90 Å². The van der Waals surface area contributed by atoms with Crippen LogP contribution in [-0.2, 0) is 4.79 Å². The maximum atomic E-state index is 10.7. The summed E-state index contributed by atoms with van der Waals surface area (Å²) in [6, 6.07) is -0.0718. The molecule has 84 valence electrons. The van der Waals surface area contributed by atoms with E-state index in [1.54, 1.807) is 17.2 Å². The highest BCUT2D eigenvalue weighted by atomic mass is 16.4. The Labute approximate surface area is 89.1 Å². The molecule has 0 radical (unpaired) electrons. The van der Waals surface area contributed by atoms with Crippen LogP contribution in [0.5, 0.6) is 0 Å². The van der Waals surface area contributed by atoms with Crippen molar-refractivity contribution >= 4 is 5.97 Å². The Kier molecular flexibility index (Phi) is 3.44. The molecular weight excluding hydrogens is 194 g/mol. The van der Waals surface area contributed by atoms with Gasteiger partial charge in [-0.1, -0.05) is 20.8 Å². The van der Waals surface area contributed by atoms with Crippen molar-refractivity contribution in [2.75, 3.05) is 0 Å². The summed E-state index contributed by atoms with van der Waals surface area (Å²) >= 11 is 0. The number of carboxylic acids is 1. The topological polar surface area (TPSA) is 68.0 Å². The van der Waals surface area contributed by atoms with Crippen LogP contribution in [-0.4, -0.2) is 25.8 Å². The molecule has 1 N–H and O–H groups in total. The number of aromatic nitrogens is 3. The van der Waals surface area contributed by atoms with Crippen LogP contribution in [0.25, 0.3) is 0 Å². The van der Waals surface area contributed by atoms with Crippen molar-refractivity contribution in [1.82, 2.24) is 14.8 Å². The molecule has 0 aliphatic carbocycles. The summed E-state index contributed by atoms with van der Waals surface area (Å²) in [5, 5.41) is 16.2. The fraction of sp³-hybridized carbons (Fsp3) is 0.700. The molecule has 1 unspecified atom stereocenters. The van der Waals surface area contributed by atoms with Crippen molar-refractivity contribution in [3.05, 3.63) is 12.7 Å². The SMILES string of the molecule is CC(C)(C)CC(CC(=O)O)n1cnnc1. The monoisotopic (exact) mass is 211 g/mol. The van der Waals surface area contributed by atoms with Crippen LogP contribution >= 0.6 is 0 Å². The molecule has 1 heterocycles. The Balaban J connectivity index is 2.75. The molecule has 0 saturated carbocycles. The molecule has 0 saturated heterocycles. The van der Waals surface area contributed by atoms with Crippen LogP contribution in [0.15, 0.2) is 12.7 Å². The van der Waals surface area contributed by atoms with Crippen LogP contribution in [0, 0.1) is 5.41 Å². The van der Waals surface area contributed by atoms with E-state index in [0.717, 1.165) is 6.42 Å². The summed E-state index contributed by atoms with van der Waals surface area (Å²) in [6.45, 7) is 6.27. The van der Waals surface area contributed by atoms with Gasteiger partial charge in [0.25, 0.3) is 0 Å². The lowest BCUT2D eigenvalue weighted by Crippen LogP contribution is -2.19. The highest BCUT2D eigenvalue weighted by Crippen LogP contribution is 2.29. The summed E-state index contributed by atoms with van der Waals surface area (Å²) in [5.41, 5.74) is 0.0877. The first-order chi connectivity index (χ1) is 6.88. The zero-order valence-corrected chi connectivity index (χ0v) is 9.34. The quantitative estimate of drug-likeness (QED) is 0.823. The minimum absolute atomic E-state index is 0.0718. The first-order valence-electron chi connectivity index (χ1n) is 4.94. The number of hydrogen-bond acceptors (Lipinski definition) is 3. The smallest absolute Gasteiger partial charge is 0.305 e. The minimum atomic E-state index is -0.794. The second kappa shape index (κ2) is 4.42. The molecule has 15 heavy (non-hydrogen) atoms. The van der Waals surface area contributed by atoms with Crippen molar-refractivity contribution in [3.63, 3.8) is 0 Å². The molecule has 1 aromatic heterocycles. The lowest BCUT2D eigenvalue weighted by molar-refractivity contribution is -0.138. The molecule has 0 amide bonds. The first-order valence-corrected chi connectivity index (χ1v) is 4.94. The van der Waals surface area contributed by atoms with Crippen LogP contribution in [0.1, 0.15) is 39.7 Å². The van der Waals surface area contributed by atoms with Gasteiger partial charge in [-0.2, -0.15) is 0 Å². The third-order valence-electron chi connectivity index (χ3n) is 2.12. The van der Waals surface area contributed by atoms with Crippen molar-refractivity contribution in [3.8, 4) is 0 Å². The Morgan fingerprint density at radius 3 is 2.33 bits per heavy atom. The molecule has 0 aromatic carbocycles. The largest absolute Gasteiger partial charge is 0.481 e. The van der Waals surface area contributed by atoms with E-state index in [1.807, 2.05) is 0 Å². The molecular formula is C10H17N3O2. The molecule has 0 fully saturated rings. The molecule has 0 spiro atoms. The van der Waals surface area contributed by atoms with Gasteiger partial charge >= 0.3 is 5.97 Å². The average molecular weight is 211 g/mol. The molecule has 1 aromatic rings. The van der Waals surface area contributed by atoms with Gasteiger partial charge in [-0.05, 0) is 11.8 Å². The zero-order valence-electron chi connectivity index (χ0n) is 9.34. The minimum Gasteiger partial charge on any atom is -0.481 e. The Morgan fingerprint density at radius 1 is 1.40 bits per heavy atom. The van der Waals surface area contributed by atoms with Crippen molar-refractivity contribution in [2.24, 2.45) is 5.41 Å². The highest BCUT2D eigenvalue weighted by Gasteiger charge is 2.22. The standard InChI is InChI=1S/C10H17N3O2/c1-10(2,3)5-8(4-9(14)15)13-6-11-12-7-13/h6-8H,4-5H2,1-3H3,(H,14,15). The van der Waals surface area contributed by atoms with E-state index < -0.39 is 5.97 Å². The summed E-state index contributed by atoms with van der Waals surface area (Å²) in [5.74, 6) is -0.794. The maximum Gasteiger partial charge on any atom is 0.305 e. The number of hydrogen-bond donors (Lipinski definition) is 1. The second-order valence-corrected chi connectivity index (χ2v) is 4.93. The van der Waals surface area contributed by atoms with Gasteiger partial charge in [-0.25, -0.2) is 0 Å². The van der Waals surface area contributed by atoms with Gasteiger partial charge in [-0.15, -0.1) is 10.2 Å². The highest BCUT2D eigenvalue weighted by molar-refractivity contribution is 5.67. The summed E-state index contributed by atoms with van der Waals surface area (Å²) in [4.78, 5) is 10.7. The molecule has 0 aliphatic rings. The van der Waals surface area contributed by atoms with E-state index in [-0.39, 0.29) is 17.9 Å².